The lowest BCUT2D eigenvalue weighted by Gasteiger charge is -2.32. The Hall–Kier alpha value is 0.220. The van der Waals surface area contributed by atoms with Crippen LogP contribution in [0.2, 0.25) is 0 Å². The molecule has 0 aromatic carbocycles. The van der Waals surface area contributed by atoms with Crippen molar-refractivity contribution in [2.45, 2.75) is 349 Å². The highest BCUT2D eigenvalue weighted by atomic mass is 33.1. The van der Waals surface area contributed by atoms with Crippen LogP contribution in [0.1, 0.15) is 314 Å². The molecule has 12 nitrogen and oxygen atoms in total. The van der Waals surface area contributed by atoms with Crippen LogP contribution in [-0.4, -0.2) is 114 Å². The molecule has 0 aromatic heterocycles. The molecule has 0 N–H and O–H groups in total. The van der Waals surface area contributed by atoms with E-state index in [4.69, 9.17) is 56.8 Å². The second-order valence-corrected chi connectivity index (χ2v) is 24.3. The minimum absolute atomic E-state index is 0.592. The molecule has 0 rings (SSSR count). The lowest BCUT2D eigenvalue weighted by molar-refractivity contribution is -0.380. The van der Waals surface area contributed by atoms with Crippen molar-refractivity contribution in [3.63, 3.8) is 0 Å². The van der Waals surface area contributed by atoms with Gasteiger partial charge in [0.25, 0.3) is 23.9 Å². The van der Waals surface area contributed by atoms with Gasteiger partial charge in [0.05, 0.1) is 0 Å². The molecule has 0 saturated heterocycles. The van der Waals surface area contributed by atoms with E-state index < -0.39 is 23.9 Å². The van der Waals surface area contributed by atoms with Crippen molar-refractivity contribution < 1.29 is 56.8 Å². The molecule has 0 aliphatic heterocycles. The van der Waals surface area contributed by atoms with E-state index in [2.05, 4.69) is 21.6 Å². The summed E-state index contributed by atoms with van der Waals surface area (Å²) >= 11 is 0. The average molecular weight is 1180 g/mol. The van der Waals surface area contributed by atoms with Crippen LogP contribution in [0, 0.1) is 0 Å². The van der Waals surface area contributed by atoms with Crippen molar-refractivity contribution in [1.29, 1.82) is 0 Å². The summed E-state index contributed by atoms with van der Waals surface area (Å²) < 4.78 is 71.7. The third-order valence-electron chi connectivity index (χ3n) is 14.7. The number of ether oxygens (including phenoxy) is 12. The number of hydrogen-bond donors (Lipinski definition) is 0. The molecule has 0 spiro atoms. The van der Waals surface area contributed by atoms with Crippen LogP contribution in [0.15, 0.2) is 0 Å². The topological polar surface area (TPSA) is 111 Å². The van der Waals surface area contributed by atoms with Gasteiger partial charge in [-0.3, -0.25) is 0 Å². The molecule has 0 aromatic rings. The van der Waals surface area contributed by atoms with Crippen LogP contribution in [-0.2, 0) is 56.8 Å². The number of hydrogen-bond acceptors (Lipinski definition) is 14. The fourth-order valence-corrected chi connectivity index (χ4v) is 14.5. The van der Waals surface area contributed by atoms with E-state index in [0.29, 0.717) is 79.3 Å². The Kier molecular flexibility index (Phi) is 57.1. The van der Waals surface area contributed by atoms with Gasteiger partial charge in [0.2, 0.25) is 0 Å². The van der Waals surface area contributed by atoms with Gasteiger partial charge >= 0.3 is 0 Å². The van der Waals surface area contributed by atoms with Gasteiger partial charge < -0.3 is 56.8 Å². The molecule has 482 valence electrons. The van der Waals surface area contributed by atoms with Gasteiger partial charge in [-0.1, -0.05) is 176 Å². The molecule has 0 heterocycles. The second-order valence-electron chi connectivity index (χ2n) is 21.4. The molecule has 0 fully saturated rings. The Morgan fingerprint density at radius 3 is 0.450 bits per heavy atom. The van der Waals surface area contributed by atoms with Crippen molar-refractivity contribution in [2.75, 3.05) is 79.3 Å². The first-order valence-corrected chi connectivity index (χ1v) is 36.4. The Morgan fingerprint density at radius 2 is 0.312 bits per heavy atom. The summed E-state index contributed by atoms with van der Waals surface area (Å²) in [5.41, 5.74) is 0. The molecule has 80 heavy (non-hydrogen) atoms. The summed E-state index contributed by atoms with van der Waals surface area (Å²) in [4.78, 5) is 0. The largest absolute Gasteiger partial charge is 0.328 e. The molecule has 0 saturated carbocycles. The molecule has 0 bridgehead atoms. The highest BCUT2D eigenvalue weighted by molar-refractivity contribution is 8.77. The van der Waals surface area contributed by atoms with E-state index in [1.54, 1.807) is 0 Å². The predicted octanol–water partition coefficient (Wildman–Crippen LogP) is 20.2. The third kappa shape index (κ3) is 42.1. The molecule has 0 atom stereocenters. The maximum atomic E-state index is 5.98. The molecule has 0 amide bonds. The first-order chi connectivity index (χ1) is 39.1. The first kappa shape index (κ1) is 80.2. The van der Waals surface area contributed by atoms with E-state index in [-0.39, 0.29) is 0 Å². The zero-order valence-corrected chi connectivity index (χ0v) is 56.4. The van der Waals surface area contributed by atoms with Gasteiger partial charge in [-0.05, 0) is 134 Å². The van der Waals surface area contributed by atoms with Crippen LogP contribution in [0.25, 0.3) is 0 Å². The van der Waals surface area contributed by atoms with Crippen LogP contribution in [0.5, 0.6) is 0 Å². The monoisotopic (exact) mass is 1180 g/mol. The van der Waals surface area contributed by atoms with Crippen molar-refractivity contribution in [3.8, 4) is 0 Å². The van der Waals surface area contributed by atoms with E-state index in [0.717, 1.165) is 61.9 Å². The van der Waals surface area contributed by atoms with Crippen molar-refractivity contribution in [1.82, 2.24) is 0 Å². The molecule has 14 heteroatoms. The minimum Gasteiger partial charge on any atom is -0.328 e. The van der Waals surface area contributed by atoms with Gasteiger partial charge in [-0.2, -0.15) is 0 Å². The fourth-order valence-electron chi connectivity index (χ4n) is 11.0. The molecule has 0 aliphatic rings. The normalized spacial score (nSPS) is 12.8. The van der Waals surface area contributed by atoms with Crippen LogP contribution < -0.4 is 0 Å². The molecule has 0 radical (unpaired) electrons. The number of rotatable bonds is 67. The lowest BCUT2D eigenvalue weighted by atomic mass is 10.0. The fraction of sp³-hybridized carbons (Fsp3) is 1.00. The molecular formula is C66H134O12S2. The summed E-state index contributed by atoms with van der Waals surface area (Å²) in [6.07, 6.45) is 43.8. The number of unbranched alkanes of at least 4 members (excludes halogenated alkanes) is 24. The van der Waals surface area contributed by atoms with Crippen molar-refractivity contribution >= 4 is 21.6 Å². The first-order valence-electron chi connectivity index (χ1n) is 34.1. The van der Waals surface area contributed by atoms with E-state index >= 15 is 0 Å². The average Bonchev–Trinajstić information content (AvgIpc) is 3.43. The SMILES string of the molecule is CCOC(CCCCCCCCCC(CCCCCCCCCC(OCC)(OCC)OCC)SSC(CCCCCCCCCC(OCC)(OCC)OCC)CCCCCCCCCC(OCC)(OCC)OCC)(OCC)OCC. The summed E-state index contributed by atoms with van der Waals surface area (Å²) in [7, 11) is 4.54. The smallest absolute Gasteiger partial charge is 0.282 e. The second kappa shape index (κ2) is 57.0. The predicted molar refractivity (Wildman–Crippen MR) is 339 cm³/mol. The van der Waals surface area contributed by atoms with Gasteiger partial charge in [0.15, 0.2) is 0 Å². The van der Waals surface area contributed by atoms with Gasteiger partial charge in [-0.15, -0.1) is 0 Å². The Morgan fingerprint density at radius 1 is 0.188 bits per heavy atom. The Balaban J connectivity index is 5.55. The van der Waals surface area contributed by atoms with E-state index in [1.165, 1.54) is 180 Å². The highest BCUT2D eigenvalue weighted by Crippen LogP contribution is 2.40. The van der Waals surface area contributed by atoms with Gasteiger partial charge in [0.1, 0.15) is 0 Å². The molecule has 0 aliphatic carbocycles. The minimum atomic E-state index is -0.880. The molecular weight excluding hydrogens is 1050 g/mol. The van der Waals surface area contributed by atoms with Crippen molar-refractivity contribution in [2.24, 2.45) is 0 Å². The van der Waals surface area contributed by atoms with E-state index in [9.17, 15) is 0 Å². The summed E-state index contributed by atoms with van der Waals surface area (Å²) in [5, 5.41) is 1.46. The summed E-state index contributed by atoms with van der Waals surface area (Å²) in [6.45, 7) is 31.3. The standard InChI is InChI=1S/C66H134O12S2/c1-13-67-63(68-14-2,69-15-3)57-49-41-33-25-29-37-45-53-61(54-46-38-30-26-34-42-50-58-64(70-16-4,71-17-5)72-18-6)79-80-62(55-47-39-31-27-35-43-51-59-65(73-19-7,74-20-8)75-21-9)56-48-40-32-28-36-44-52-60-66(76-22-10,77-23-11)78-24-12/h61-62H,13-60H2,1-12H3. The maximum Gasteiger partial charge on any atom is 0.282 e. The zero-order valence-electron chi connectivity index (χ0n) is 54.8. The summed E-state index contributed by atoms with van der Waals surface area (Å²) in [5.74, 6) is -3.52. The molecule has 0 unspecified atom stereocenters. The van der Waals surface area contributed by atoms with Gasteiger partial charge in [0, 0.05) is 115 Å². The maximum absolute atomic E-state index is 5.98. The zero-order chi connectivity index (χ0) is 59.0. The highest BCUT2D eigenvalue weighted by Gasteiger charge is 2.34. The quantitative estimate of drug-likeness (QED) is 0.0327. The summed E-state index contributed by atoms with van der Waals surface area (Å²) in [6, 6.07) is 0. The van der Waals surface area contributed by atoms with Crippen molar-refractivity contribution in [3.05, 3.63) is 0 Å². The van der Waals surface area contributed by atoms with Crippen LogP contribution in [0.3, 0.4) is 0 Å². The lowest BCUT2D eigenvalue weighted by Crippen LogP contribution is -2.39. The Bertz CT molecular complexity index is 1010. The van der Waals surface area contributed by atoms with Crippen LogP contribution in [0.4, 0.5) is 0 Å². The van der Waals surface area contributed by atoms with Gasteiger partial charge in [-0.25, -0.2) is 0 Å². The Labute approximate surface area is 503 Å². The van der Waals surface area contributed by atoms with E-state index in [1.807, 2.05) is 83.1 Å². The third-order valence-corrected chi connectivity index (χ3v) is 18.3. The van der Waals surface area contributed by atoms with Crippen LogP contribution >= 0.6 is 21.6 Å².